The molecule has 1 unspecified atom stereocenters. The number of halogens is 3. The van der Waals surface area contributed by atoms with E-state index in [1.807, 2.05) is 0 Å². The number of hydrogen-bond acceptors (Lipinski definition) is 3. The summed E-state index contributed by atoms with van der Waals surface area (Å²) in [6.45, 7) is 1.27. The van der Waals surface area contributed by atoms with Crippen molar-refractivity contribution in [1.29, 1.82) is 0 Å². The molecule has 0 aromatic carbocycles. The van der Waals surface area contributed by atoms with E-state index < -0.39 is 11.7 Å². The molecule has 1 aromatic heterocycles. The first kappa shape index (κ1) is 15.1. The lowest BCUT2D eigenvalue weighted by atomic mass is 9.88. The van der Waals surface area contributed by atoms with Crippen LogP contribution in [0.25, 0.3) is 0 Å². The van der Waals surface area contributed by atoms with Crippen LogP contribution in [0.4, 0.5) is 19.0 Å². The van der Waals surface area contributed by atoms with Crippen molar-refractivity contribution in [3.05, 3.63) is 23.9 Å². The van der Waals surface area contributed by atoms with E-state index in [0.29, 0.717) is 17.8 Å². The van der Waals surface area contributed by atoms with Gasteiger partial charge in [-0.05, 0) is 43.2 Å². The SMILES string of the molecule is O=CN1CCC2(CC2)CC1CNc1ccc(C(F)(F)F)cn1. The van der Waals surface area contributed by atoms with E-state index in [1.54, 1.807) is 4.90 Å². The minimum atomic E-state index is -4.37. The van der Waals surface area contributed by atoms with E-state index in [2.05, 4.69) is 10.3 Å². The first-order valence-corrected chi connectivity index (χ1v) is 7.40. The molecule has 2 fully saturated rings. The van der Waals surface area contributed by atoms with Crippen molar-refractivity contribution in [3.8, 4) is 0 Å². The second-order valence-electron chi connectivity index (χ2n) is 6.26. The number of nitrogens with one attached hydrogen (secondary N) is 1. The third-order valence-electron chi connectivity index (χ3n) is 4.74. The summed E-state index contributed by atoms with van der Waals surface area (Å²) in [4.78, 5) is 16.7. The number of amides is 1. The Kier molecular flexibility index (Phi) is 3.74. The van der Waals surface area contributed by atoms with Crippen molar-refractivity contribution in [2.75, 3.05) is 18.4 Å². The molecule has 1 amide bonds. The van der Waals surface area contributed by atoms with Gasteiger partial charge in [0.25, 0.3) is 0 Å². The van der Waals surface area contributed by atoms with Gasteiger partial charge in [0, 0.05) is 25.3 Å². The van der Waals surface area contributed by atoms with Crippen LogP contribution in [-0.4, -0.2) is 35.4 Å². The third kappa shape index (κ3) is 3.18. The Bertz CT molecular complexity index is 540. The average Bonchev–Trinajstić information content (AvgIpc) is 3.24. The zero-order chi connectivity index (χ0) is 15.8. The maximum atomic E-state index is 12.5. The fourth-order valence-electron chi connectivity index (χ4n) is 3.12. The molecule has 2 aliphatic rings. The molecule has 4 nitrogen and oxygen atoms in total. The number of carbonyl (C=O) groups excluding carboxylic acids is 1. The highest BCUT2D eigenvalue weighted by Crippen LogP contribution is 2.54. The minimum Gasteiger partial charge on any atom is -0.368 e. The predicted octanol–water partition coefficient (Wildman–Crippen LogP) is 2.91. The number of carbonyl (C=O) groups is 1. The van der Waals surface area contributed by atoms with Gasteiger partial charge in [0.15, 0.2) is 0 Å². The molecule has 1 N–H and O–H groups in total. The van der Waals surface area contributed by atoms with Crippen LogP contribution in [-0.2, 0) is 11.0 Å². The second-order valence-corrected chi connectivity index (χ2v) is 6.26. The smallest absolute Gasteiger partial charge is 0.368 e. The summed E-state index contributed by atoms with van der Waals surface area (Å²) in [5, 5.41) is 3.04. The predicted molar refractivity (Wildman–Crippen MR) is 75.2 cm³/mol. The van der Waals surface area contributed by atoms with Crippen LogP contribution in [0.15, 0.2) is 18.3 Å². The summed E-state index contributed by atoms with van der Waals surface area (Å²) >= 11 is 0. The van der Waals surface area contributed by atoms with Crippen LogP contribution in [0, 0.1) is 5.41 Å². The lowest BCUT2D eigenvalue weighted by molar-refractivity contribution is -0.137. The summed E-state index contributed by atoms with van der Waals surface area (Å²) in [5.41, 5.74) is -0.360. The van der Waals surface area contributed by atoms with Crippen molar-refractivity contribution in [2.45, 2.75) is 37.9 Å². The van der Waals surface area contributed by atoms with Crippen LogP contribution in [0.2, 0.25) is 0 Å². The van der Waals surface area contributed by atoms with Crippen LogP contribution in [0.1, 0.15) is 31.2 Å². The summed E-state index contributed by atoms with van der Waals surface area (Å²) < 4.78 is 37.4. The molecule has 22 heavy (non-hydrogen) atoms. The zero-order valence-electron chi connectivity index (χ0n) is 12.1. The molecule has 1 aromatic rings. The molecule has 120 valence electrons. The number of anilines is 1. The highest BCUT2D eigenvalue weighted by Gasteiger charge is 2.47. The van der Waals surface area contributed by atoms with Crippen LogP contribution in [0.3, 0.4) is 0 Å². The topological polar surface area (TPSA) is 45.2 Å². The van der Waals surface area contributed by atoms with E-state index >= 15 is 0 Å². The minimum absolute atomic E-state index is 0.0813. The molecule has 3 rings (SSSR count). The molecule has 1 saturated carbocycles. The molecule has 1 spiro atoms. The summed E-state index contributed by atoms with van der Waals surface area (Å²) in [7, 11) is 0. The van der Waals surface area contributed by atoms with Gasteiger partial charge in [-0.3, -0.25) is 4.79 Å². The Morgan fingerprint density at radius 3 is 2.68 bits per heavy atom. The van der Waals surface area contributed by atoms with Crippen molar-refractivity contribution >= 4 is 12.2 Å². The normalized spacial score (nSPS) is 23.4. The Morgan fingerprint density at radius 1 is 1.36 bits per heavy atom. The second kappa shape index (κ2) is 5.44. The molecule has 2 heterocycles. The lowest BCUT2D eigenvalue weighted by Crippen LogP contribution is -2.46. The maximum Gasteiger partial charge on any atom is 0.417 e. The largest absolute Gasteiger partial charge is 0.417 e. The first-order valence-electron chi connectivity index (χ1n) is 7.40. The number of hydrogen-bond donors (Lipinski definition) is 1. The van der Waals surface area contributed by atoms with Gasteiger partial charge in [-0.1, -0.05) is 0 Å². The van der Waals surface area contributed by atoms with Gasteiger partial charge in [-0.2, -0.15) is 13.2 Å². The van der Waals surface area contributed by atoms with Gasteiger partial charge in [0.2, 0.25) is 6.41 Å². The van der Waals surface area contributed by atoms with Gasteiger partial charge < -0.3 is 10.2 Å². The van der Waals surface area contributed by atoms with E-state index in [0.717, 1.165) is 38.1 Å². The van der Waals surface area contributed by atoms with E-state index in [9.17, 15) is 18.0 Å². The van der Waals surface area contributed by atoms with Crippen molar-refractivity contribution in [1.82, 2.24) is 9.88 Å². The van der Waals surface area contributed by atoms with Gasteiger partial charge >= 0.3 is 6.18 Å². The van der Waals surface area contributed by atoms with E-state index in [1.165, 1.54) is 18.9 Å². The Hall–Kier alpha value is -1.79. The number of pyridine rings is 1. The molecular weight excluding hydrogens is 295 g/mol. The fourth-order valence-corrected chi connectivity index (χ4v) is 3.12. The molecule has 1 aliphatic heterocycles. The Balaban J connectivity index is 1.60. The number of piperidine rings is 1. The number of rotatable bonds is 4. The molecule has 1 atom stereocenters. The highest BCUT2D eigenvalue weighted by molar-refractivity contribution is 5.49. The summed E-state index contributed by atoms with van der Waals surface area (Å²) in [6, 6.07) is 2.41. The zero-order valence-corrected chi connectivity index (χ0v) is 12.1. The molecule has 0 radical (unpaired) electrons. The van der Waals surface area contributed by atoms with E-state index in [-0.39, 0.29) is 6.04 Å². The average molecular weight is 313 g/mol. The van der Waals surface area contributed by atoms with Crippen LogP contribution < -0.4 is 5.32 Å². The van der Waals surface area contributed by atoms with Crippen LogP contribution in [0.5, 0.6) is 0 Å². The highest BCUT2D eigenvalue weighted by atomic mass is 19.4. The molecule has 1 aliphatic carbocycles. The van der Waals surface area contributed by atoms with Gasteiger partial charge in [-0.25, -0.2) is 4.98 Å². The lowest BCUT2D eigenvalue weighted by Gasteiger charge is -2.37. The van der Waals surface area contributed by atoms with Gasteiger partial charge in [0.05, 0.1) is 5.56 Å². The van der Waals surface area contributed by atoms with Gasteiger partial charge in [0.1, 0.15) is 5.82 Å². The quantitative estimate of drug-likeness (QED) is 0.869. The number of likely N-dealkylation sites (tertiary alicyclic amines) is 1. The van der Waals surface area contributed by atoms with Gasteiger partial charge in [-0.15, -0.1) is 0 Å². The molecular formula is C15H18F3N3O. The first-order chi connectivity index (χ1) is 10.4. The standard InChI is InChI=1S/C15H18F3N3O/c16-15(17,18)11-1-2-13(19-8-11)20-9-12-7-14(3-4-14)5-6-21(12)10-22/h1-2,8,10,12H,3-7,9H2,(H,19,20). The molecule has 7 heteroatoms. The Morgan fingerprint density at radius 2 is 2.14 bits per heavy atom. The van der Waals surface area contributed by atoms with Crippen molar-refractivity contribution in [3.63, 3.8) is 0 Å². The Labute approximate surface area is 126 Å². The third-order valence-corrected chi connectivity index (χ3v) is 4.74. The van der Waals surface area contributed by atoms with Crippen molar-refractivity contribution in [2.24, 2.45) is 5.41 Å². The summed E-state index contributed by atoms with van der Waals surface area (Å²) in [5.74, 6) is 0.397. The maximum absolute atomic E-state index is 12.5. The number of alkyl halides is 3. The fraction of sp³-hybridized carbons (Fsp3) is 0.600. The van der Waals surface area contributed by atoms with Crippen LogP contribution >= 0.6 is 0 Å². The molecule has 1 saturated heterocycles. The number of aromatic nitrogens is 1. The summed E-state index contributed by atoms with van der Waals surface area (Å²) in [6.07, 6.45) is 1.76. The van der Waals surface area contributed by atoms with E-state index in [4.69, 9.17) is 0 Å². The number of nitrogens with zero attached hydrogens (tertiary/aromatic N) is 2. The van der Waals surface area contributed by atoms with Crippen molar-refractivity contribution < 1.29 is 18.0 Å². The monoisotopic (exact) mass is 313 g/mol. The molecule has 0 bridgehead atoms.